The molecule has 0 atom stereocenters. The van der Waals surface area contributed by atoms with Gasteiger partial charge in [-0.3, -0.25) is 10.5 Å². The molecule has 0 aliphatic carbocycles. The molecule has 0 rings (SSSR count). The summed E-state index contributed by atoms with van der Waals surface area (Å²) in [5.74, 6) is -0.0402. The molecule has 0 unspecified atom stereocenters. The van der Waals surface area contributed by atoms with Crippen molar-refractivity contribution in [2.24, 2.45) is 11.1 Å². The Morgan fingerprint density at radius 2 is 0.964 bits per heavy atom. The van der Waals surface area contributed by atoms with E-state index in [0.717, 1.165) is 38.5 Å². The fourth-order valence-electron chi connectivity index (χ4n) is 4.05. The number of esters is 1. The summed E-state index contributed by atoms with van der Waals surface area (Å²) in [6.45, 7) is 10.3. The van der Waals surface area contributed by atoms with Gasteiger partial charge in [0.1, 0.15) is 0 Å². The monoisotopic (exact) mass is 397 g/mol. The lowest BCUT2D eigenvalue weighted by Gasteiger charge is -2.35. The molecule has 0 bridgehead atoms. The van der Waals surface area contributed by atoms with Gasteiger partial charge in [0.25, 0.3) is 0 Å². The van der Waals surface area contributed by atoms with Gasteiger partial charge >= 0.3 is 5.97 Å². The van der Waals surface area contributed by atoms with Gasteiger partial charge in [-0.25, -0.2) is 0 Å². The molecule has 0 saturated carbocycles. The molecule has 28 heavy (non-hydrogen) atoms. The summed E-state index contributed by atoms with van der Waals surface area (Å²) in [7, 11) is 0. The summed E-state index contributed by atoms with van der Waals surface area (Å²) in [5.41, 5.74) is 4.83. The first-order valence-electron chi connectivity index (χ1n) is 12.3. The highest BCUT2D eigenvalue weighted by atomic mass is 16.6. The van der Waals surface area contributed by atoms with E-state index in [9.17, 15) is 4.79 Å². The minimum Gasteiger partial charge on any atom is -0.444 e. The maximum Gasteiger partial charge on any atom is 0.313 e. The van der Waals surface area contributed by atoms with E-state index in [4.69, 9.17) is 10.5 Å². The van der Waals surface area contributed by atoms with Crippen LogP contribution in [0, 0.1) is 5.41 Å². The average Bonchev–Trinajstić information content (AvgIpc) is 2.63. The fourth-order valence-corrected chi connectivity index (χ4v) is 4.05. The summed E-state index contributed by atoms with van der Waals surface area (Å²) in [6.07, 6.45) is 20.1. The Labute approximate surface area is 176 Å². The zero-order chi connectivity index (χ0) is 21.3. The van der Waals surface area contributed by atoms with Crippen LogP contribution in [0.2, 0.25) is 0 Å². The molecular weight excluding hydrogens is 346 g/mol. The highest BCUT2D eigenvalue weighted by Gasteiger charge is 2.40. The van der Waals surface area contributed by atoms with Crippen LogP contribution >= 0.6 is 0 Å². The average molecular weight is 398 g/mol. The third-order valence-electron chi connectivity index (χ3n) is 5.82. The van der Waals surface area contributed by atoms with Crippen molar-refractivity contribution in [1.29, 1.82) is 0 Å². The highest BCUT2D eigenvalue weighted by molar-refractivity contribution is 5.77. The van der Waals surface area contributed by atoms with E-state index in [1.807, 2.05) is 0 Å². The van der Waals surface area contributed by atoms with Crippen molar-refractivity contribution in [3.8, 4) is 0 Å². The van der Waals surface area contributed by atoms with Crippen molar-refractivity contribution in [2.45, 2.75) is 149 Å². The predicted molar refractivity (Wildman–Crippen MR) is 122 cm³/mol. The third kappa shape index (κ3) is 13.6. The molecule has 0 spiro atoms. The molecule has 0 saturated heterocycles. The van der Waals surface area contributed by atoms with Gasteiger partial charge in [0.05, 0.1) is 5.41 Å². The second-order valence-corrected chi connectivity index (χ2v) is 9.41. The maximum absolute atomic E-state index is 13.3. The predicted octanol–water partition coefficient (Wildman–Crippen LogP) is 7.90. The molecule has 0 aromatic heterocycles. The molecule has 0 aromatic rings. The smallest absolute Gasteiger partial charge is 0.313 e. The lowest BCUT2D eigenvalue weighted by Crippen LogP contribution is -2.44. The van der Waals surface area contributed by atoms with E-state index in [0.29, 0.717) is 0 Å². The van der Waals surface area contributed by atoms with Gasteiger partial charge in [-0.05, 0) is 33.1 Å². The van der Waals surface area contributed by atoms with Crippen LogP contribution in [0.1, 0.15) is 144 Å². The van der Waals surface area contributed by atoms with Gasteiger partial charge in [0, 0.05) is 0 Å². The molecule has 0 heterocycles. The van der Waals surface area contributed by atoms with E-state index < -0.39 is 5.72 Å². The topological polar surface area (TPSA) is 52.3 Å². The SMILES string of the molecule is CCCCCCCCC(CCCCCC)(CCCCCC)C(=O)OC(C)(C)N. The zero-order valence-electron chi connectivity index (χ0n) is 19.9. The lowest BCUT2D eigenvalue weighted by atomic mass is 9.73. The largest absolute Gasteiger partial charge is 0.444 e. The summed E-state index contributed by atoms with van der Waals surface area (Å²) >= 11 is 0. The van der Waals surface area contributed by atoms with Crippen molar-refractivity contribution in [3.63, 3.8) is 0 Å². The van der Waals surface area contributed by atoms with Gasteiger partial charge in [-0.15, -0.1) is 0 Å². The number of hydrogen-bond acceptors (Lipinski definition) is 3. The van der Waals surface area contributed by atoms with Crippen molar-refractivity contribution < 1.29 is 9.53 Å². The Kier molecular flexibility index (Phi) is 15.9. The Hall–Kier alpha value is -0.570. The normalized spacial score (nSPS) is 12.4. The zero-order valence-corrected chi connectivity index (χ0v) is 19.9. The van der Waals surface area contributed by atoms with Crippen LogP contribution in [0.5, 0.6) is 0 Å². The highest BCUT2D eigenvalue weighted by Crippen LogP contribution is 2.39. The minimum atomic E-state index is -0.893. The van der Waals surface area contributed by atoms with Gasteiger partial charge in [-0.1, -0.05) is 111 Å². The molecule has 0 fully saturated rings. The van der Waals surface area contributed by atoms with E-state index in [1.165, 1.54) is 70.6 Å². The first kappa shape index (κ1) is 27.4. The first-order chi connectivity index (χ1) is 13.3. The Morgan fingerprint density at radius 1 is 0.643 bits per heavy atom. The van der Waals surface area contributed by atoms with Crippen LogP contribution in [0.25, 0.3) is 0 Å². The lowest BCUT2D eigenvalue weighted by molar-refractivity contribution is -0.170. The van der Waals surface area contributed by atoms with Crippen LogP contribution in [0.15, 0.2) is 0 Å². The van der Waals surface area contributed by atoms with Crippen LogP contribution in [0.3, 0.4) is 0 Å². The molecule has 0 aliphatic heterocycles. The fraction of sp³-hybridized carbons (Fsp3) is 0.960. The van der Waals surface area contributed by atoms with E-state index >= 15 is 0 Å². The van der Waals surface area contributed by atoms with Crippen LogP contribution in [-0.4, -0.2) is 11.7 Å². The van der Waals surface area contributed by atoms with Crippen LogP contribution in [0.4, 0.5) is 0 Å². The Balaban J connectivity index is 5.06. The second kappa shape index (κ2) is 16.3. The van der Waals surface area contributed by atoms with Crippen molar-refractivity contribution in [3.05, 3.63) is 0 Å². The molecule has 0 aliphatic rings. The summed E-state index contributed by atoms with van der Waals surface area (Å²) in [6, 6.07) is 0. The first-order valence-corrected chi connectivity index (χ1v) is 12.3. The van der Waals surface area contributed by atoms with Crippen LogP contribution < -0.4 is 5.73 Å². The van der Waals surface area contributed by atoms with Crippen LogP contribution in [-0.2, 0) is 9.53 Å². The Bertz CT molecular complexity index is 361. The molecule has 3 heteroatoms. The Morgan fingerprint density at radius 3 is 1.32 bits per heavy atom. The van der Waals surface area contributed by atoms with Crippen molar-refractivity contribution in [1.82, 2.24) is 0 Å². The molecule has 3 nitrogen and oxygen atoms in total. The van der Waals surface area contributed by atoms with Crippen molar-refractivity contribution in [2.75, 3.05) is 0 Å². The van der Waals surface area contributed by atoms with Gasteiger partial charge in [0.15, 0.2) is 5.72 Å². The number of nitrogens with two attached hydrogens (primary N) is 1. The third-order valence-corrected chi connectivity index (χ3v) is 5.82. The number of unbranched alkanes of at least 4 members (excludes halogenated alkanes) is 11. The van der Waals surface area contributed by atoms with Gasteiger partial charge in [-0.2, -0.15) is 0 Å². The van der Waals surface area contributed by atoms with Gasteiger partial charge in [0.2, 0.25) is 0 Å². The van der Waals surface area contributed by atoms with E-state index in [-0.39, 0.29) is 11.4 Å². The van der Waals surface area contributed by atoms with E-state index in [1.54, 1.807) is 13.8 Å². The molecule has 168 valence electrons. The van der Waals surface area contributed by atoms with E-state index in [2.05, 4.69) is 20.8 Å². The number of rotatable bonds is 19. The molecule has 0 amide bonds. The number of ether oxygens (including phenoxy) is 1. The summed E-state index contributed by atoms with van der Waals surface area (Å²) in [4.78, 5) is 13.3. The maximum atomic E-state index is 13.3. The second-order valence-electron chi connectivity index (χ2n) is 9.41. The molecule has 2 N–H and O–H groups in total. The molecule has 0 aromatic carbocycles. The summed E-state index contributed by atoms with van der Waals surface area (Å²) < 4.78 is 5.75. The minimum absolute atomic E-state index is 0.0402. The van der Waals surface area contributed by atoms with Crippen molar-refractivity contribution >= 4 is 5.97 Å². The number of hydrogen-bond donors (Lipinski definition) is 1. The molecule has 0 radical (unpaired) electrons. The number of carbonyl (C=O) groups excluding carboxylic acids is 1. The molecular formula is C25H51NO2. The van der Waals surface area contributed by atoms with Gasteiger partial charge < -0.3 is 4.74 Å². The standard InChI is InChI=1S/C25H51NO2/c1-6-9-12-15-16-19-22-25(20-17-13-10-7-2,21-18-14-11-8-3)23(27)28-24(4,5)26/h6-22,26H2,1-5H3. The summed E-state index contributed by atoms with van der Waals surface area (Å²) in [5, 5.41) is 0. The number of carbonyl (C=O) groups is 1. The quantitative estimate of drug-likeness (QED) is 0.137.